The molecule has 0 spiro atoms. The van der Waals surface area contributed by atoms with Crippen LogP contribution < -0.4 is 14.8 Å². The number of rotatable bonds is 3. The fourth-order valence-electron chi connectivity index (χ4n) is 3.18. The van der Waals surface area contributed by atoms with Gasteiger partial charge in [0.1, 0.15) is 0 Å². The zero-order valence-corrected chi connectivity index (χ0v) is 15.1. The van der Waals surface area contributed by atoms with Crippen molar-refractivity contribution in [2.45, 2.75) is 40.0 Å². The molecule has 0 aromatic heterocycles. The van der Waals surface area contributed by atoms with Crippen molar-refractivity contribution in [3.8, 4) is 11.5 Å². The molecular formula is C19H26N2O4. The predicted octanol–water partition coefficient (Wildman–Crippen LogP) is 3.03. The Labute approximate surface area is 148 Å². The second-order valence-electron chi connectivity index (χ2n) is 7.95. The number of carbonyl (C=O) groups excluding carboxylic acids is 2. The number of amides is 2. The van der Waals surface area contributed by atoms with Crippen molar-refractivity contribution in [3.05, 3.63) is 18.2 Å². The van der Waals surface area contributed by atoms with E-state index < -0.39 is 0 Å². The standard InChI is InChI=1S/C19H26N2O4/c1-19(2,3)11-17(22)21-8-6-13(7-9-21)18(23)20-14-4-5-15-16(10-14)25-12-24-15/h4-5,10,13H,6-9,11-12H2,1-3H3,(H,20,23). The summed E-state index contributed by atoms with van der Waals surface area (Å²) < 4.78 is 10.6. The third-order valence-electron chi connectivity index (χ3n) is 4.54. The Morgan fingerprint density at radius 2 is 1.84 bits per heavy atom. The molecule has 0 bridgehead atoms. The molecule has 0 unspecified atom stereocenters. The molecule has 1 aromatic carbocycles. The molecule has 0 saturated carbocycles. The van der Waals surface area contributed by atoms with Crippen molar-refractivity contribution in [1.29, 1.82) is 0 Å². The van der Waals surface area contributed by atoms with Gasteiger partial charge in [-0.2, -0.15) is 0 Å². The number of likely N-dealkylation sites (tertiary alicyclic amines) is 1. The molecule has 1 fully saturated rings. The Morgan fingerprint density at radius 3 is 2.52 bits per heavy atom. The first-order valence-corrected chi connectivity index (χ1v) is 8.80. The van der Waals surface area contributed by atoms with Gasteiger partial charge in [0.15, 0.2) is 11.5 Å². The molecule has 2 amide bonds. The van der Waals surface area contributed by atoms with Crippen molar-refractivity contribution in [2.24, 2.45) is 11.3 Å². The van der Waals surface area contributed by atoms with E-state index in [1.807, 2.05) is 11.0 Å². The molecule has 25 heavy (non-hydrogen) atoms. The zero-order valence-electron chi connectivity index (χ0n) is 15.1. The number of nitrogens with zero attached hydrogens (tertiary/aromatic N) is 1. The molecule has 1 saturated heterocycles. The summed E-state index contributed by atoms with van der Waals surface area (Å²) in [6.45, 7) is 7.71. The van der Waals surface area contributed by atoms with Crippen LogP contribution in [0.15, 0.2) is 18.2 Å². The van der Waals surface area contributed by atoms with Crippen molar-refractivity contribution >= 4 is 17.5 Å². The first kappa shape index (κ1) is 17.6. The lowest BCUT2D eigenvalue weighted by Gasteiger charge is -2.33. The average Bonchev–Trinajstić information content (AvgIpc) is 3.01. The van der Waals surface area contributed by atoms with Gasteiger partial charge in [-0.05, 0) is 30.4 Å². The lowest BCUT2D eigenvalue weighted by atomic mass is 9.90. The van der Waals surface area contributed by atoms with Crippen LogP contribution in [-0.2, 0) is 9.59 Å². The SMILES string of the molecule is CC(C)(C)CC(=O)N1CCC(C(=O)Nc2ccc3c(c2)OCO3)CC1. The summed E-state index contributed by atoms with van der Waals surface area (Å²) in [5.41, 5.74) is 0.700. The van der Waals surface area contributed by atoms with Gasteiger partial charge in [0.05, 0.1) is 0 Å². The van der Waals surface area contributed by atoms with Crippen molar-refractivity contribution < 1.29 is 19.1 Å². The third kappa shape index (κ3) is 4.44. The van der Waals surface area contributed by atoms with E-state index in [4.69, 9.17) is 9.47 Å². The maximum atomic E-state index is 12.5. The summed E-state index contributed by atoms with van der Waals surface area (Å²) in [5, 5.41) is 2.95. The van der Waals surface area contributed by atoms with Crippen LogP contribution in [0.3, 0.4) is 0 Å². The molecule has 3 rings (SSSR count). The number of nitrogens with one attached hydrogen (secondary N) is 1. The van der Waals surface area contributed by atoms with Gasteiger partial charge in [-0.3, -0.25) is 9.59 Å². The molecule has 136 valence electrons. The maximum Gasteiger partial charge on any atom is 0.231 e. The summed E-state index contributed by atoms with van der Waals surface area (Å²) in [5.74, 6) is 1.47. The second-order valence-corrected chi connectivity index (χ2v) is 7.95. The number of carbonyl (C=O) groups is 2. The molecule has 2 aliphatic heterocycles. The summed E-state index contributed by atoms with van der Waals surface area (Å²) >= 11 is 0. The summed E-state index contributed by atoms with van der Waals surface area (Å²) in [6, 6.07) is 5.39. The Bertz CT molecular complexity index is 658. The number of anilines is 1. The topological polar surface area (TPSA) is 67.9 Å². The van der Waals surface area contributed by atoms with Gasteiger partial charge in [0.25, 0.3) is 0 Å². The minimum absolute atomic E-state index is 0.00165. The van der Waals surface area contributed by atoms with Gasteiger partial charge >= 0.3 is 0 Å². The third-order valence-corrected chi connectivity index (χ3v) is 4.54. The smallest absolute Gasteiger partial charge is 0.231 e. The first-order chi connectivity index (χ1) is 11.8. The van der Waals surface area contributed by atoms with Gasteiger partial charge < -0.3 is 19.7 Å². The van der Waals surface area contributed by atoms with Crippen molar-refractivity contribution in [1.82, 2.24) is 4.90 Å². The van der Waals surface area contributed by atoms with Gasteiger partial charge in [0, 0.05) is 37.2 Å². The minimum atomic E-state index is -0.0656. The number of piperidine rings is 1. The highest BCUT2D eigenvalue weighted by molar-refractivity contribution is 5.93. The summed E-state index contributed by atoms with van der Waals surface area (Å²) in [4.78, 5) is 26.7. The van der Waals surface area contributed by atoms with Crippen LogP contribution >= 0.6 is 0 Å². The van der Waals surface area contributed by atoms with E-state index >= 15 is 0 Å². The Balaban J connectivity index is 1.51. The minimum Gasteiger partial charge on any atom is -0.454 e. The van der Waals surface area contributed by atoms with E-state index in [2.05, 4.69) is 26.1 Å². The zero-order chi connectivity index (χ0) is 18.0. The van der Waals surface area contributed by atoms with Crippen LogP contribution in [0.25, 0.3) is 0 Å². The fraction of sp³-hybridized carbons (Fsp3) is 0.579. The monoisotopic (exact) mass is 346 g/mol. The van der Waals surface area contributed by atoms with E-state index in [0.717, 1.165) is 0 Å². The van der Waals surface area contributed by atoms with Gasteiger partial charge in [-0.15, -0.1) is 0 Å². The van der Waals surface area contributed by atoms with Crippen LogP contribution in [0, 0.1) is 11.3 Å². The number of benzene rings is 1. The molecule has 2 heterocycles. The molecule has 0 atom stereocenters. The number of hydrogen-bond donors (Lipinski definition) is 1. The van der Waals surface area contributed by atoms with Crippen LogP contribution in [-0.4, -0.2) is 36.6 Å². The summed E-state index contributed by atoms with van der Waals surface area (Å²) in [7, 11) is 0. The number of ether oxygens (including phenoxy) is 2. The van der Waals surface area contributed by atoms with Gasteiger partial charge in [-0.25, -0.2) is 0 Å². The number of fused-ring (bicyclic) bond motifs is 1. The van der Waals surface area contributed by atoms with Crippen molar-refractivity contribution in [2.75, 3.05) is 25.2 Å². The first-order valence-electron chi connectivity index (χ1n) is 8.80. The van der Waals surface area contributed by atoms with Gasteiger partial charge in [-0.1, -0.05) is 20.8 Å². The lowest BCUT2D eigenvalue weighted by molar-refractivity contribution is -0.136. The lowest BCUT2D eigenvalue weighted by Crippen LogP contribution is -2.42. The highest BCUT2D eigenvalue weighted by atomic mass is 16.7. The molecule has 0 aliphatic carbocycles. The molecule has 1 aromatic rings. The molecule has 0 radical (unpaired) electrons. The quantitative estimate of drug-likeness (QED) is 0.913. The van der Waals surface area contributed by atoms with E-state index in [1.54, 1.807) is 12.1 Å². The Hall–Kier alpha value is -2.24. The van der Waals surface area contributed by atoms with Crippen LogP contribution in [0.1, 0.15) is 40.0 Å². The van der Waals surface area contributed by atoms with Crippen LogP contribution in [0.2, 0.25) is 0 Å². The predicted molar refractivity (Wildman–Crippen MR) is 94.6 cm³/mol. The van der Waals surface area contributed by atoms with Crippen LogP contribution in [0.5, 0.6) is 11.5 Å². The van der Waals surface area contributed by atoms with Crippen LogP contribution in [0.4, 0.5) is 5.69 Å². The molecule has 2 aliphatic rings. The largest absolute Gasteiger partial charge is 0.454 e. The van der Waals surface area contributed by atoms with E-state index in [9.17, 15) is 9.59 Å². The fourth-order valence-corrected chi connectivity index (χ4v) is 3.18. The average molecular weight is 346 g/mol. The molecule has 1 N–H and O–H groups in total. The van der Waals surface area contributed by atoms with E-state index in [0.29, 0.717) is 49.5 Å². The van der Waals surface area contributed by atoms with Gasteiger partial charge in [0.2, 0.25) is 18.6 Å². The Morgan fingerprint density at radius 1 is 1.16 bits per heavy atom. The maximum absolute atomic E-state index is 12.5. The molecule has 6 heteroatoms. The molecular weight excluding hydrogens is 320 g/mol. The van der Waals surface area contributed by atoms with E-state index in [1.165, 1.54) is 0 Å². The Kier molecular flexibility index (Phi) is 4.88. The summed E-state index contributed by atoms with van der Waals surface area (Å²) in [6.07, 6.45) is 1.94. The highest BCUT2D eigenvalue weighted by Crippen LogP contribution is 2.34. The highest BCUT2D eigenvalue weighted by Gasteiger charge is 2.29. The van der Waals surface area contributed by atoms with Crippen molar-refractivity contribution in [3.63, 3.8) is 0 Å². The normalized spacial score (nSPS) is 17.5. The molecule has 6 nitrogen and oxygen atoms in total. The number of hydrogen-bond acceptors (Lipinski definition) is 4. The van der Waals surface area contributed by atoms with E-state index in [-0.39, 0.29) is 29.9 Å². The second kappa shape index (κ2) is 6.94.